The SMILES string of the molecule is NN=Cc1ccc(CCCCC(=O)NC(CC(=O)O)c2ccc(Br)cc2)cc1. The van der Waals surface area contributed by atoms with Crippen molar-refractivity contribution in [3.8, 4) is 0 Å². The molecule has 28 heavy (non-hydrogen) atoms. The highest BCUT2D eigenvalue weighted by atomic mass is 79.9. The number of unbranched alkanes of at least 4 members (excludes halogenated alkanes) is 1. The fraction of sp³-hybridized carbons (Fsp3) is 0.286. The van der Waals surface area contributed by atoms with Crippen LogP contribution in [0.3, 0.4) is 0 Å². The number of hydrazone groups is 1. The number of halogens is 1. The van der Waals surface area contributed by atoms with E-state index in [-0.39, 0.29) is 12.3 Å². The Bertz CT molecular complexity index is 805. The molecular weight excluding hydrogens is 422 g/mol. The van der Waals surface area contributed by atoms with Gasteiger partial charge in [0.25, 0.3) is 0 Å². The summed E-state index contributed by atoms with van der Waals surface area (Å²) in [7, 11) is 0. The smallest absolute Gasteiger partial charge is 0.305 e. The summed E-state index contributed by atoms with van der Waals surface area (Å²) in [6.45, 7) is 0. The van der Waals surface area contributed by atoms with E-state index in [1.165, 1.54) is 5.56 Å². The van der Waals surface area contributed by atoms with Crippen LogP contribution < -0.4 is 11.2 Å². The van der Waals surface area contributed by atoms with Crippen LogP contribution in [0.15, 0.2) is 58.1 Å². The predicted octanol–water partition coefficient (Wildman–Crippen LogP) is 3.79. The fourth-order valence-electron chi connectivity index (χ4n) is 2.86. The summed E-state index contributed by atoms with van der Waals surface area (Å²) in [6, 6.07) is 14.7. The van der Waals surface area contributed by atoms with Crippen molar-refractivity contribution in [2.75, 3.05) is 0 Å². The second kappa shape index (κ2) is 11.2. The van der Waals surface area contributed by atoms with E-state index in [0.29, 0.717) is 6.42 Å². The van der Waals surface area contributed by atoms with Gasteiger partial charge >= 0.3 is 5.97 Å². The predicted molar refractivity (Wildman–Crippen MR) is 113 cm³/mol. The Kier molecular flexibility index (Phi) is 8.68. The monoisotopic (exact) mass is 445 g/mol. The minimum Gasteiger partial charge on any atom is -0.481 e. The molecule has 6 nitrogen and oxygen atoms in total. The number of nitrogens with two attached hydrogens (primary N) is 1. The molecule has 1 amide bonds. The lowest BCUT2D eigenvalue weighted by molar-refractivity contribution is -0.137. The minimum atomic E-state index is -0.948. The first-order valence-corrected chi connectivity index (χ1v) is 9.86. The summed E-state index contributed by atoms with van der Waals surface area (Å²) in [6.07, 6.45) is 4.29. The Morgan fingerprint density at radius 1 is 1.11 bits per heavy atom. The molecule has 0 radical (unpaired) electrons. The zero-order valence-corrected chi connectivity index (χ0v) is 17.1. The van der Waals surface area contributed by atoms with Gasteiger partial charge in [-0.2, -0.15) is 5.10 Å². The van der Waals surface area contributed by atoms with Crippen LogP contribution >= 0.6 is 15.9 Å². The van der Waals surface area contributed by atoms with E-state index in [4.69, 9.17) is 10.9 Å². The molecule has 4 N–H and O–H groups in total. The number of amides is 1. The Labute approximate surface area is 173 Å². The average Bonchev–Trinajstić information content (AvgIpc) is 2.66. The van der Waals surface area contributed by atoms with E-state index < -0.39 is 12.0 Å². The molecule has 0 aromatic heterocycles. The van der Waals surface area contributed by atoms with Crippen LogP contribution in [0.25, 0.3) is 0 Å². The topological polar surface area (TPSA) is 105 Å². The maximum Gasteiger partial charge on any atom is 0.305 e. The number of rotatable bonds is 10. The van der Waals surface area contributed by atoms with Crippen LogP contribution in [0.5, 0.6) is 0 Å². The van der Waals surface area contributed by atoms with Crippen LogP contribution in [-0.4, -0.2) is 23.2 Å². The summed E-state index contributed by atoms with van der Waals surface area (Å²) in [5.41, 5.74) is 2.91. The van der Waals surface area contributed by atoms with Crippen LogP contribution in [0.2, 0.25) is 0 Å². The number of nitrogens with one attached hydrogen (secondary N) is 1. The number of hydrogen-bond acceptors (Lipinski definition) is 4. The van der Waals surface area contributed by atoms with Crippen molar-refractivity contribution >= 4 is 34.0 Å². The van der Waals surface area contributed by atoms with Gasteiger partial charge in [0, 0.05) is 10.9 Å². The molecule has 148 valence electrons. The molecule has 0 aliphatic heterocycles. The van der Waals surface area contributed by atoms with Gasteiger partial charge in [0.05, 0.1) is 18.7 Å². The third-order valence-electron chi connectivity index (χ3n) is 4.31. The summed E-state index contributed by atoms with van der Waals surface area (Å²) >= 11 is 3.35. The van der Waals surface area contributed by atoms with Crippen molar-refractivity contribution in [3.05, 3.63) is 69.7 Å². The van der Waals surface area contributed by atoms with Crippen molar-refractivity contribution < 1.29 is 14.7 Å². The number of carbonyl (C=O) groups excluding carboxylic acids is 1. The molecule has 0 aliphatic rings. The van der Waals surface area contributed by atoms with Crippen LogP contribution in [0, 0.1) is 0 Å². The number of aryl methyl sites for hydroxylation is 1. The number of nitrogens with zero attached hydrogens (tertiary/aromatic N) is 1. The molecule has 2 aromatic carbocycles. The molecule has 0 saturated heterocycles. The summed E-state index contributed by atoms with van der Waals surface area (Å²) in [5.74, 6) is 4.04. The highest BCUT2D eigenvalue weighted by molar-refractivity contribution is 9.10. The average molecular weight is 446 g/mol. The van der Waals surface area contributed by atoms with Gasteiger partial charge in [-0.25, -0.2) is 0 Å². The zero-order chi connectivity index (χ0) is 20.4. The first kappa shape index (κ1) is 21.6. The Hall–Kier alpha value is -2.67. The number of carboxylic acid groups (broad SMARTS) is 1. The van der Waals surface area contributed by atoms with Crippen molar-refractivity contribution in [2.45, 2.75) is 38.1 Å². The quantitative estimate of drug-likeness (QED) is 0.224. The molecule has 1 atom stereocenters. The normalized spacial score (nSPS) is 12.0. The number of benzene rings is 2. The fourth-order valence-corrected chi connectivity index (χ4v) is 3.12. The van der Waals surface area contributed by atoms with Crippen LogP contribution in [0.4, 0.5) is 0 Å². The lowest BCUT2D eigenvalue weighted by atomic mass is 10.0. The van der Waals surface area contributed by atoms with Gasteiger partial charge in [0.2, 0.25) is 5.91 Å². The Balaban J connectivity index is 1.80. The molecule has 0 fully saturated rings. The molecule has 0 spiro atoms. The van der Waals surface area contributed by atoms with E-state index in [2.05, 4.69) is 26.3 Å². The van der Waals surface area contributed by atoms with Gasteiger partial charge < -0.3 is 16.3 Å². The van der Waals surface area contributed by atoms with Gasteiger partial charge in [-0.3, -0.25) is 9.59 Å². The highest BCUT2D eigenvalue weighted by Crippen LogP contribution is 2.20. The second-order valence-electron chi connectivity index (χ2n) is 6.50. The Morgan fingerprint density at radius 3 is 2.39 bits per heavy atom. The third-order valence-corrected chi connectivity index (χ3v) is 4.84. The molecule has 0 heterocycles. The van der Waals surface area contributed by atoms with Gasteiger partial charge in [0.1, 0.15) is 0 Å². The van der Waals surface area contributed by atoms with Crippen molar-refractivity contribution in [1.29, 1.82) is 0 Å². The maximum absolute atomic E-state index is 12.3. The third kappa shape index (κ3) is 7.52. The molecular formula is C21H24BrN3O3. The zero-order valence-electron chi connectivity index (χ0n) is 15.5. The first-order valence-electron chi connectivity index (χ1n) is 9.06. The summed E-state index contributed by atoms with van der Waals surface area (Å²) in [5, 5.41) is 15.5. The molecule has 0 saturated carbocycles. The maximum atomic E-state index is 12.3. The van der Waals surface area contributed by atoms with Crippen molar-refractivity contribution in [3.63, 3.8) is 0 Å². The Morgan fingerprint density at radius 2 is 1.79 bits per heavy atom. The highest BCUT2D eigenvalue weighted by Gasteiger charge is 2.17. The van der Waals surface area contributed by atoms with Crippen LogP contribution in [0.1, 0.15) is 48.4 Å². The largest absolute Gasteiger partial charge is 0.481 e. The summed E-state index contributed by atoms with van der Waals surface area (Å²) in [4.78, 5) is 23.4. The molecule has 2 rings (SSSR count). The lowest BCUT2D eigenvalue weighted by Gasteiger charge is -2.17. The molecule has 0 aliphatic carbocycles. The number of aliphatic carboxylic acids is 1. The van der Waals surface area contributed by atoms with Crippen LogP contribution in [-0.2, 0) is 16.0 Å². The van der Waals surface area contributed by atoms with E-state index in [9.17, 15) is 9.59 Å². The lowest BCUT2D eigenvalue weighted by Crippen LogP contribution is -2.30. The van der Waals surface area contributed by atoms with Gasteiger partial charge in [-0.05, 0) is 48.1 Å². The second-order valence-corrected chi connectivity index (χ2v) is 7.41. The summed E-state index contributed by atoms with van der Waals surface area (Å²) < 4.78 is 0.903. The van der Waals surface area contributed by atoms with Crippen molar-refractivity contribution in [2.24, 2.45) is 10.9 Å². The molecule has 7 heteroatoms. The molecule has 2 aromatic rings. The molecule has 1 unspecified atom stereocenters. The minimum absolute atomic E-state index is 0.135. The van der Waals surface area contributed by atoms with Crippen molar-refractivity contribution in [1.82, 2.24) is 5.32 Å². The van der Waals surface area contributed by atoms with E-state index in [1.807, 2.05) is 48.5 Å². The van der Waals surface area contributed by atoms with Gasteiger partial charge in [-0.1, -0.05) is 52.3 Å². The standard InChI is InChI=1S/C21H24BrN3O3/c22-18-11-9-17(10-12-18)19(13-21(27)28)25-20(26)4-2-1-3-15-5-7-16(8-6-15)14-24-23/h5-12,14,19H,1-4,13,23H2,(H,25,26)(H,27,28). The molecule has 0 bridgehead atoms. The van der Waals surface area contributed by atoms with E-state index >= 15 is 0 Å². The number of hydrogen-bond donors (Lipinski definition) is 3. The van der Waals surface area contributed by atoms with Gasteiger partial charge in [-0.15, -0.1) is 0 Å². The first-order chi connectivity index (χ1) is 13.5. The number of carbonyl (C=O) groups is 2. The number of carboxylic acids is 1. The van der Waals surface area contributed by atoms with E-state index in [0.717, 1.165) is 34.9 Å². The van der Waals surface area contributed by atoms with Gasteiger partial charge in [0.15, 0.2) is 0 Å². The van der Waals surface area contributed by atoms with E-state index in [1.54, 1.807) is 6.21 Å².